The van der Waals surface area contributed by atoms with E-state index in [0.29, 0.717) is 34.9 Å². The van der Waals surface area contributed by atoms with Crippen molar-refractivity contribution < 1.29 is 23.6 Å². The molecule has 0 aliphatic rings. The Bertz CT molecular complexity index is 1180. The number of hydrogen-bond donors (Lipinski definition) is 1. The Balaban J connectivity index is 1.63. The van der Waals surface area contributed by atoms with Crippen LogP contribution >= 0.6 is 0 Å². The zero-order valence-corrected chi connectivity index (χ0v) is 18.5. The molecule has 0 fully saturated rings. The predicted molar refractivity (Wildman–Crippen MR) is 121 cm³/mol. The van der Waals surface area contributed by atoms with Crippen molar-refractivity contribution in [2.75, 3.05) is 11.9 Å². The van der Waals surface area contributed by atoms with Gasteiger partial charge in [-0.3, -0.25) is 4.79 Å². The molecule has 168 valence electrons. The molecule has 0 atom stereocenters. The SMILES string of the molecule is CCOC(=O)c1ccc(NC(=O)C(C#N)=Cc2ccc(OCc3c(C)noc3C)cc2)cc1. The lowest BCUT2D eigenvalue weighted by molar-refractivity contribution is -0.112. The van der Waals surface area contributed by atoms with Gasteiger partial charge in [-0.05, 0) is 68.8 Å². The van der Waals surface area contributed by atoms with Gasteiger partial charge in [0.25, 0.3) is 5.91 Å². The van der Waals surface area contributed by atoms with Crippen LogP contribution in [0.25, 0.3) is 6.08 Å². The van der Waals surface area contributed by atoms with Gasteiger partial charge in [0.15, 0.2) is 0 Å². The first-order chi connectivity index (χ1) is 15.9. The Morgan fingerprint density at radius 2 is 1.82 bits per heavy atom. The number of hydrogen-bond acceptors (Lipinski definition) is 7. The monoisotopic (exact) mass is 445 g/mol. The van der Waals surface area contributed by atoms with Gasteiger partial charge in [-0.2, -0.15) is 5.26 Å². The summed E-state index contributed by atoms with van der Waals surface area (Å²) in [5, 5.41) is 16.0. The minimum atomic E-state index is -0.555. The molecule has 0 bridgehead atoms. The Hall–Kier alpha value is -4.38. The standard InChI is InChI=1S/C25H23N3O5/c1-4-31-25(30)19-7-9-21(10-8-19)27-24(29)20(14-26)13-18-5-11-22(12-6-18)32-15-23-16(2)28-33-17(23)3/h5-13H,4,15H2,1-3H3,(H,27,29). The van der Waals surface area contributed by atoms with Gasteiger partial charge in [-0.25, -0.2) is 4.79 Å². The maximum atomic E-state index is 12.5. The molecule has 33 heavy (non-hydrogen) atoms. The van der Waals surface area contributed by atoms with Crippen LogP contribution in [0, 0.1) is 25.2 Å². The minimum Gasteiger partial charge on any atom is -0.489 e. The van der Waals surface area contributed by atoms with Gasteiger partial charge < -0.3 is 19.3 Å². The number of rotatable bonds is 8. The molecule has 2 aromatic carbocycles. The lowest BCUT2D eigenvalue weighted by Gasteiger charge is -2.07. The maximum absolute atomic E-state index is 12.5. The van der Waals surface area contributed by atoms with Crippen molar-refractivity contribution in [3.8, 4) is 11.8 Å². The van der Waals surface area contributed by atoms with Gasteiger partial charge in [0.05, 0.1) is 23.4 Å². The highest BCUT2D eigenvalue weighted by Gasteiger charge is 2.12. The van der Waals surface area contributed by atoms with Crippen LogP contribution in [0.3, 0.4) is 0 Å². The number of nitrogens with zero attached hydrogens (tertiary/aromatic N) is 2. The van der Waals surface area contributed by atoms with E-state index in [0.717, 1.165) is 11.3 Å². The number of carbonyl (C=O) groups excluding carboxylic acids is 2. The molecule has 8 nitrogen and oxygen atoms in total. The summed E-state index contributed by atoms with van der Waals surface area (Å²) in [6.45, 7) is 6.02. The summed E-state index contributed by atoms with van der Waals surface area (Å²) in [5.74, 6) is 0.358. The summed E-state index contributed by atoms with van der Waals surface area (Å²) in [5.41, 5.74) is 3.13. The summed E-state index contributed by atoms with van der Waals surface area (Å²) < 4.78 is 15.8. The van der Waals surface area contributed by atoms with E-state index >= 15 is 0 Å². The third kappa shape index (κ3) is 6.08. The van der Waals surface area contributed by atoms with Crippen molar-refractivity contribution in [3.05, 3.63) is 82.2 Å². The molecule has 0 unspecified atom stereocenters. The molecule has 0 saturated heterocycles. The van der Waals surface area contributed by atoms with Crippen molar-refractivity contribution in [3.63, 3.8) is 0 Å². The van der Waals surface area contributed by atoms with Gasteiger partial charge in [-0.15, -0.1) is 0 Å². The second kappa shape index (κ2) is 10.8. The molecule has 1 aromatic heterocycles. The van der Waals surface area contributed by atoms with Gasteiger partial charge in [0.1, 0.15) is 29.8 Å². The van der Waals surface area contributed by atoms with E-state index in [-0.39, 0.29) is 12.2 Å². The van der Waals surface area contributed by atoms with Crippen molar-refractivity contribution in [2.24, 2.45) is 0 Å². The highest BCUT2D eigenvalue weighted by Crippen LogP contribution is 2.19. The van der Waals surface area contributed by atoms with Gasteiger partial charge in [-0.1, -0.05) is 17.3 Å². The number of nitrogens with one attached hydrogen (secondary N) is 1. The number of benzene rings is 2. The summed E-state index contributed by atoms with van der Waals surface area (Å²) in [4.78, 5) is 24.2. The topological polar surface area (TPSA) is 114 Å². The summed E-state index contributed by atoms with van der Waals surface area (Å²) in [6.07, 6.45) is 1.49. The van der Waals surface area contributed by atoms with Crippen LogP contribution in [-0.4, -0.2) is 23.6 Å². The van der Waals surface area contributed by atoms with E-state index < -0.39 is 11.9 Å². The largest absolute Gasteiger partial charge is 0.489 e. The van der Waals surface area contributed by atoms with E-state index in [9.17, 15) is 14.9 Å². The average molecular weight is 445 g/mol. The fourth-order valence-electron chi connectivity index (χ4n) is 2.94. The maximum Gasteiger partial charge on any atom is 0.338 e. The number of carbonyl (C=O) groups is 2. The lowest BCUT2D eigenvalue weighted by atomic mass is 10.1. The zero-order valence-electron chi connectivity index (χ0n) is 18.5. The quantitative estimate of drug-likeness (QED) is 0.306. The number of aryl methyl sites for hydroxylation is 2. The van der Waals surface area contributed by atoms with Crippen LogP contribution in [-0.2, 0) is 16.1 Å². The molecule has 1 heterocycles. The Morgan fingerprint density at radius 3 is 2.39 bits per heavy atom. The molecule has 1 N–H and O–H groups in total. The highest BCUT2D eigenvalue weighted by atomic mass is 16.5. The number of ether oxygens (including phenoxy) is 2. The molecule has 0 saturated carbocycles. The molecule has 3 aromatic rings. The van der Waals surface area contributed by atoms with Crippen molar-refractivity contribution in [1.29, 1.82) is 5.26 Å². The predicted octanol–water partition coefficient (Wildman–Crippen LogP) is 4.59. The molecule has 0 aliphatic carbocycles. The van der Waals surface area contributed by atoms with Crippen molar-refractivity contribution in [1.82, 2.24) is 5.16 Å². The number of anilines is 1. The summed E-state index contributed by atoms with van der Waals surface area (Å²) in [7, 11) is 0. The molecule has 1 amide bonds. The molecule has 3 rings (SSSR count). The molecular weight excluding hydrogens is 422 g/mol. The third-order valence-electron chi connectivity index (χ3n) is 4.77. The van der Waals surface area contributed by atoms with Crippen LogP contribution < -0.4 is 10.1 Å². The molecule has 8 heteroatoms. The van der Waals surface area contributed by atoms with Crippen LogP contribution in [0.4, 0.5) is 5.69 Å². The number of nitriles is 1. The molecule has 0 radical (unpaired) electrons. The highest BCUT2D eigenvalue weighted by molar-refractivity contribution is 6.09. The summed E-state index contributed by atoms with van der Waals surface area (Å²) in [6, 6.07) is 15.2. The van der Waals surface area contributed by atoms with E-state index in [2.05, 4.69) is 10.5 Å². The number of esters is 1. The first-order valence-corrected chi connectivity index (χ1v) is 10.3. The molecular formula is C25H23N3O5. The van der Waals surface area contributed by atoms with Crippen LogP contribution in [0.5, 0.6) is 5.75 Å². The number of aromatic nitrogens is 1. The van der Waals surface area contributed by atoms with Crippen LogP contribution in [0.15, 0.2) is 58.6 Å². The third-order valence-corrected chi connectivity index (χ3v) is 4.77. The van der Waals surface area contributed by atoms with Gasteiger partial charge in [0.2, 0.25) is 0 Å². The molecule has 0 spiro atoms. The second-order valence-electron chi connectivity index (χ2n) is 7.08. The molecule has 0 aliphatic heterocycles. The Morgan fingerprint density at radius 1 is 1.12 bits per heavy atom. The van der Waals surface area contributed by atoms with Crippen LogP contribution in [0.2, 0.25) is 0 Å². The van der Waals surface area contributed by atoms with Gasteiger partial charge >= 0.3 is 5.97 Å². The average Bonchev–Trinajstić information content (AvgIpc) is 3.14. The second-order valence-corrected chi connectivity index (χ2v) is 7.08. The van der Waals surface area contributed by atoms with E-state index in [1.54, 1.807) is 55.5 Å². The van der Waals surface area contributed by atoms with Gasteiger partial charge in [0, 0.05) is 5.69 Å². The van der Waals surface area contributed by atoms with Crippen LogP contribution in [0.1, 0.15) is 39.9 Å². The summed E-state index contributed by atoms with van der Waals surface area (Å²) >= 11 is 0. The minimum absolute atomic E-state index is 0.0612. The van der Waals surface area contributed by atoms with Crippen molar-refractivity contribution >= 4 is 23.6 Å². The first kappa shape index (κ1) is 23.3. The normalized spacial score (nSPS) is 10.9. The fraction of sp³-hybridized carbons (Fsp3) is 0.200. The number of amides is 1. The Kier molecular flexibility index (Phi) is 7.60. The zero-order chi connectivity index (χ0) is 23.8. The smallest absolute Gasteiger partial charge is 0.338 e. The van der Waals surface area contributed by atoms with Crippen molar-refractivity contribution in [2.45, 2.75) is 27.4 Å². The van der Waals surface area contributed by atoms with E-state index in [1.165, 1.54) is 6.08 Å². The fourth-order valence-corrected chi connectivity index (χ4v) is 2.94. The Labute approximate surface area is 191 Å². The van der Waals surface area contributed by atoms with E-state index in [1.807, 2.05) is 19.9 Å². The lowest BCUT2D eigenvalue weighted by Crippen LogP contribution is -2.13. The van der Waals surface area contributed by atoms with E-state index in [4.69, 9.17) is 14.0 Å². The first-order valence-electron chi connectivity index (χ1n) is 10.3.